The van der Waals surface area contributed by atoms with Crippen molar-refractivity contribution in [2.24, 2.45) is 5.92 Å². The second-order valence-electron chi connectivity index (χ2n) is 5.42. The van der Waals surface area contributed by atoms with Gasteiger partial charge >= 0.3 is 5.97 Å². The number of carbonyl (C=O) groups is 2. The molecule has 0 aliphatic heterocycles. The van der Waals surface area contributed by atoms with E-state index >= 15 is 0 Å². The van der Waals surface area contributed by atoms with E-state index in [1.165, 1.54) is 24.3 Å². The molecule has 5 nitrogen and oxygen atoms in total. The Kier molecular flexibility index (Phi) is 8.08. The average Bonchev–Trinajstić information content (AvgIpc) is 2.52. The number of halogens is 1. The third kappa shape index (κ3) is 6.67. The smallest absolute Gasteiger partial charge is 0.346 e. The Labute approximate surface area is 135 Å². The fraction of sp³-hybridized carbons (Fsp3) is 0.529. The minimum absolute atomic E-state index is 0.106. The summed E-state index contributed by atoms with van der Waals surface area (Å²) in [6.07, 6.45) is 2.12. The number of carboxylic acid groups (broad SMARTS) is 1. The molecule has 0 aliphatic carbocycles. The van der Waals surface area contributed by atoms with Crippen molar-refractivity contribution in [2.75, 3.05) is 6.54 Å². The summed E-state index contributed by atoms with van der Waals surface area (Å²) in [5.74, 6) is -1.63. The van der Waals surface area contributed by atoms with Crippen LogP contribution in [0.2, 0.25) is 0 Å². The molecule has 0 aromatic heterocycles. The average molecular weight is 325 g/mol. The Balaban J connectivity index is 2.60. The highest BCUT2D eigenvalue weighted by Gasteiger charge is 2.23. The van der Waals surface area contributed by atoms with Gasteiger partial charge in [-0.3, -0.25) is 4.79 Å². The molecule has 0 saturated heterocycles. The fourth-order valence-corrected chi connectivity index (χ4v) is 2.30. The number of rotatable bonds is 10. The molecule has 1 unspecified atom stereocenters. The Hall–Kier alpha value is -2.11. The molecule has 1 amide bonds. The van der Waals surface area contributed by atoms with Crippen molar-refractivity contribution in [1.82, 2.24) is 5.32 Å². The van der Waals surface area contributed by atoms with Crippen LogP contribution in [0.4, 0.5) is 4.39 Å². The zero-order valence-electron chi connectivity index (χ0n) is 13.5. The second-order valence-corrected chi connectivity index (χ2v) is 5.42. The van der Waals surface area contributed by atoms with Gasteiger partial charge in [-0.25, -0.2) is 9.18 Å². The lowest BCUT2D eigenvalue weighted by Crippen LogP contribution is -2.42. The minimum Gasteiger partial charge on any atom is -0.478 e. The molecule has 6 heteroatoms. The van der Waals surface area contributed by atoms with Gasteiger partial charge in [-0.05, 0) is 37.1 Å². The van der Waals surface area contributed by atoms with Crippen LogP contribution in [0.5, 0.6) is 5.75 Å². The first-order valence-electron chi connectivity index (χ1n) is 7.90. The number of carboxylic acids is 1. The molecule has 23 heavy (non-hydrogen) atoms. The van der Waals surface area contributed by atoms with E-state index in [0.29, 0.717) is 0 Å². The lowest BCUT2D eigenvalue weighted by Gasteiger charge is -2.19. The van der Waals surface area contributed by atoms with Gasteiger partial charge in [0.2, 0.25) is 12.0 Å². The summed E-state index contributed by atoms with van der Waals surface area (Å²) in [7, 11) is 0. The number of ether oxygens (including phenoxy) is 1. The van der Waals surface area contributed by atoms with Crippen LogP contribution >= 0.6 is 0 Å². The molecule has 1 atom stereocenters. The zero-order valence-corrected chi connectivity index (χ0v) is 13.5. The van der Waals surface area contributed by atoms with Crippen LogP contribution in [0.3, 0.4) is 0 Å². The second kappa shape index (κ2) is 9.82. The van der Waals surface area contributed by atoms with Gasteiger partial charge in [-0.1, -0.05) is 26.7 Å². The highest BCUT2D eigenvalue weighted by atomic mass is 19.1. The molecular formula is C17H24FNO4. The van der Waals surface area contributed by atoms with Gasteiger partial charge in [0.05, 0.1) is 6.54 Å². The summed E-state index contributed by atoms with van der Waals surface area (Å²) in [4.78, 5) is 23.4. The van der Waals surface area contributed by atoms with E-state index in [0.717, 1.165) is 25.7 Å². The first-order chi connectivity index (χ1) is 11.0. The van der Waals surface area contributed by atoms with Crippen LogP contribution in [-0.4, -0.2) is 29.6 Å². The molecule has 1 aromatic carbocycles. The summed E-state index contributed by atoms with van der Waals surface area (Å²) in [5.41, 5.74) is 0. The molecule has 128 valence electrons. The SMILES string of the molecule is CCCC(CCC)C(=O)NCC(Oc1ccc(F)cc1)C(=O)O. The number of carbonyl (C=O) groups excluding carboxylic acids is 1. The van der Waals surface area contributed by atoms with Crippen LogP contribution in [0.15, 0.2) is 24.3 Å². The number of hydrogen-bond acceptors (Lipinski definition) is 3. The van der Waals surface area contributed by atoms with Crippen molar-refractivity contribution in [2.45, 2.75) is 45.6 Å². The van der Waals surface area contributed by atoms with Crippen LogP contribution in [-0.2, 0) is 9.59 Å². The van der Waals surface area contributed by atoms with Crippen molar-refractivity contribution >= 4 is 11.9 Å². The molecule has 0 heterocycles. The van der Waals surface area contributed by atoms with Crippen LogP contribution in [0, 0.1) is 11.7 Å². The number of hydrogen-bond donors (Lipinski definition) is 2. The first kappa shape index (κ1) is 18.9. The zero-order chi connectivity index (χ0) is 17.2. The van der Waals surface area contributed by atoms with Gasteiger partial charge in [0, 0.05) is 5.92 Å². The number of amides is 1. The molecular weight excluding hydrogens is 301 g/mol. The van der Waals surface area contributed by atoms with Crippen molar-refractivity contribution in [1.29, 1.82) is 0 Å². The molecule has 0 bridgehead atoms. The Morgan fingerprint density at radius 1 is 1.17 bits per heavy atom. The predicted molar refractivity (Wildman–Crippen MR) is 84.8 cm³/mol. The van der Waals surface area contributed by atoms with Gasteiger partial charge in [0.25, 0.3) is 0 Å². The van der Waals surface area contributed by atoms with Crippen LogP contribution in [0.25, 0.3) is 0 Å². The topological polar surface area (TPSA) is 75.6 Å². The van der Waals surface area contributed by atoms with Crippen molar-refractivity contribution in [3.63, 3.8) is 0 Å². The maximum Gasteiger partial charge on any atom is 0.346 e. The van der Waals surface area contributed by atoms with Crippen molar-refractivity contribution < 1.29 is 23.8 Å². The molecule has 0 fully saturated rings. The van der Waals surface area contributed by atoms with Crippen molar-refractivity contribution in [3.8, 4) is 5.75 Å². The molecule has 0 spiro atoms. The van der Waals surface area contributed by atoms with Crippen molar-refractivity contribution in [3.05, 3.63) is 30.1 Å². The normalized spacial score (nSPS) is 12.0. The van der Waals surface area contributed by atoms with Gasteiger partial charge < -0.3 is 15.2 Å². The summed E-state index contributed by atoms with van der Waals surface area (Å²) >= 11 is 0. The maximum atomic E-state index is 12.8. The van der Waals surface area contributed by atoms with Gasteiger partial charge in [-0.15, -0.1) is 0 Å². The maximum absolute atomic E-state index is 12.8. The molecule has 2 N–H and O–H groups in total. The lowest BCUT2D eigenvalue weighted by molar-refractivity contribution is -0.145. The molecule has 1 aromatic rings. The molecule has 0 radical (unpaired) electrons. The minimum atomic E-state index is -1.21. The summed E-state index contributed by atoms with van der Waals surface area (Å²) in [5, 5.41) is 11.8. The number of nitrogens with one attached hydrogen (secondary N) is 1. The lowest BCUT2D eigenvalue weighted by atomic mass is 9.97. The highest BCUT2D eigenvalue weighted by Crippen LogP contribution is 2.15. The van der Waals surface area contributed by atoms with E-state index in [-0.39, 0.29) is 24.1 Å². The Bertz CT molecular complexity index is 498. The fourth-order valence-electron chi connectivity index (χ4n) is 2.30. The third-order valence-corrected chi connectivity index (χ3v) is 3.47. The van der Waals surface area contributed by atoms with Gasteiger partial charge in [0.1, 0.15) is 11.6 Å². The quantitative estimate of drug-likeness (QED) is 0.693. The summed E-state index contributed by atoms with van der Waals surface area (Å²) < 4.78 is 18.1. The van der Waals surface area contributed by atoms with Gasteiger partial charge in [-0.2, -0.15) is 0 Å². The van der Waals surface area contributed by atoms with E-state index in [2.05, 4.69) is 5.32 Å². The molecule has 1 rings (SSSR count). The van der Waals surface area contributed by atoms with E-state index in [4.69, 9.17) is 4.74 Å². The first-order valence-corrected chi connectivity index (χ1v) is 7.90. The predicted octanol–water partition coefficient (Wildman–Crippen LogP) is 2.99. The Morgan fingerprint density at radius 3 is 2.22 bits per heavy atom. The summed E-state index contributed by atoms with van der Waals surface area (Å²) in [6, 6.07) is 5.07. The molecule has 0 aliphatic rings. The van der Waals surface area contributed by atoms with Crippen LogP contribution in [0.1, 0.15) is 39.5 Å². The number of benzene rings is 1. The van der Waals surface area contributed by atoms with E-state index in [9.17, 15) is 19.1 Å². The monoisotopic (exact) mass is 325 g/mol. The van der Waals surface area contributed by atoms with E-state index in [1.807, 2.05) is 13.8 Å². The van der Waals surface area contributed by atoms with Crippen LogP contribution < -0.4 is 10.1 Å². The van der Waals surface area contributed by atoms with E-state index in [1.54, 1.807) is 0 Å². The molecule has 0 saturated carbocycles. The van der Waals surface area contributed by atoms with Gasteiger partial charge in [0.15, 0.2) is 0 Å². The third-order valence-electron chi connectivity index (χ3n) is 3.47. The highest BCUT2D eigenvalue weighted by molar-refractivity contribution is 5.80. The standard InChI is InChI=1S/C17H24FNO4/c1-3-5-12(6-4-2)16(20)19-11-15(17(21)22)23-14-9-7-13(18)8-10-14/h7-10,12,15H,3-6,11H2,1-2H3,(H,19,20)(H,21,22). The Morgan fingerprint density at radius 2 is 1.74 bits per heavy atom. The van der Waals surface area contributed by atoms with E-state index < -0.39 is 17.9 Å². The largest absolute Gasteiger partial charge is 0.478 e. The number of aliphatic carboxylic acids is 1. The summed E-state index contributed by atoms with van der Waals surface area (Å²) in [6.45, 7) is 3.89.